The first kappa shape index (κ1) is 17.3. The number of hydrogen-bond acceptors (Lipinski definition) is 3. The average Bonchev–Trinajstić information content (AvgIpc) is 2.98. The Kier molecular flexibility index (Phi) is 4.57. The van der Waals surface area contributed by atoms with Crippen LogP contribution in [0.3, 0.4) is 0 Å². The van der Waals surface area contributed by atoms with Crippen LogP contribution in [0.1, 0.15) is 26.7 Å². The van der Waals surface area contributed by atoms with Crippen molar-refractivity contribution in [3.05, 3.63) is 47.5 Å². The Morgan fingerprint density at radius 2 is 1.58 bits per heavy atom. The third-order valence-corrected chi connectivity index (χ3v) is 6.11. The summed E-state index contributed by atoms with van der Waals surface area (Å²) in [4.78, 5) is 0. The van der Waals surface area contributed by atoms with Gasteiger partial charge in [0.15, 0.2) is 23.1 Å². The fourth-order valence-electron chi connectivity index (χ4n) is 3.42. The summed E-state index contributed by atoms with van der Waals surface area (Å²) in [6.07, 6.45) is 4.18. The minimum absolute atomic E-state index is 0.202. The minimum Gasteiger partial charge on any atom is -0.491 e. The van der Waals surface area contributed by atoms with Gasteiger partial charge in [-0.3, -0.25) is 0 Å². The van der Waals surface area contributed by atoms with Gasteiger partial charge in [0.1, 0.15) is 0 Å². The van der Waals surface area contributed by atoms with E-state index in [0.29, 0.717) is 39.3 Å². The first-order valence-electron chi connectivity index (χ1n) is 8.85. The number of allylic oxidation sites excluding steroid dienone is 2. The molecule has 0 saturated heterocycles. The summed E-state index contributed by atoms with van der Waals surface area (Å²) in [7, 11) is 0. The molecule has 4 rings (SSSR count). The van der Waals surface area contributed by atoms with Crippen molar-refractivity contribution in [2.45, 2.75) is 26.7 Å². The van der Waals surface area contributed by atoms with Crippen LogP contribution in [0.4, 0.5) is 8.78 Å². The lowest BCUT2D eigenvalue weighted by molar-refractivity contribution is 0.211. The van der Waals surface area contributed by atoms with Gasteiger partial charge in [0.25, 0.3) is 0 Å². The Morgan fingerprint density at radius 1 is 1.00 bits per heavy atom. The Morgan fingerprint density at radius 3 is 2.12 bits per heavy atom. The van der Waals surface area contributed by atoms with Gasteiger partial charge in [-0.25, -0.2) is 8.78 Å². The van der Waals surface area contributed by atoms with E-state index in [2.05, 4.69) is 6.08 Å². The standard InChI is InChI=1S/C21H20F2O2S/c1-3-12-9-13(10-12)11-25-17-8-6-15-14-5-7-16(24-4-2)18(22)20(14)26-21(15)19(17)23/h3,5-8,13H,4,9-11H2,1-2H3. The smallest absolute Gasteiger partial charge is 0.182 e. The van der Waals surface area contributed by atoms with E-state index in [1.807, 2.05) is 13.0 Å². The van der Waals surface area contributed by atoms with E-state index in [1.165, 1.54) is 5.57 Å². The molecule has 3 aromatic rings. The molecular formula is C21H20F2O2S. The molecule has 136 valence electrons. The normalized spacial score (nSPS) is 16.8. The second-order valence-corrected chi connectivity index (χ2v) is 7.60. The maximum absolute atomic E-state index is 14.9. The Hall–Kier alpha value is -2.14. The molecule has 1 aliphatic carbocycles. The Balaban J connectivity index is 1.66. The molecule has 0 bridgehead atoms. The van der Waals surface area contributed by atoms with Crippen molar-refractivity contribution in [3.8, 4) is 11.5 Å². The molecule has 0 atom stereocenters. The second kappa shape index (κ2) is 6.88. The number of thiophene rings is 1. The zero-order valence-corrected chi connectivity index (χ0v) is 15.6. The van der Waals surface area contributed by atoms with Gasteiger partial charge in [-0.15, -0.1) is 11.3 Å². The summed E-state index contributed by atoms with van der Waals surface area (Å²) in [6.45, 7) is 4.74. The zero-order chi connectivity index (χ0) is 18.3. The maximum atomic E-state index is 14.9. The third kappa shape index (κ3) is 2.84. The van der Waals surface area contributed by atoms with Crippen molar-refractivity contribution in [2.75, 3.05) is 13.2 Å². The number of fused-ring (bicyclic) bond motifs is 3. The van der Waals surface area contributed by atoms with E-state index in [0.717, 1.165) is 24.2 Å². The fraction of sp³-hybridized carbons (Fsp3) is 0.333. The van der Waals surface area contributed by atoms with Crippen LogP contribution < -0.4 is 9.47 Å². The van der Waals surface area contributed by atoms with Crippen molar-refractivity contribution in [3.63, 3.8) is 0 Å². The lowest BCUT2D eigenvalue weighted by atomic mass is 9.80. The highest BCUT2D eigenvalue weighted by Gasteiger charge is 2.24. The van der Waals surface area contributed by atoms with Crippen molar-refractivity contribution >= 4 is 31.5 Å². The van der Waals surface area contributed by atoms with Crippen LogP contribution in [-0.2, 0) is 0 Å². The van der Waals surface area contributed by atoms with Crippen LogP contribution in [0.15, 0.2) is 35.9 Å². The molecule has 26 heavy (non-hydrogen) atoms. The minimum atomic E-state index is -0.430. The van der Waals surface area contributed by atoms with Crippen LogP contribution in [0, 0.1) is 17.6 Å². The van der Waals surface area contributed by atoms with E-state index in [9.17, 15) is 8.78 Å². The first-order valence-corrected chi connectivity index (χ1v) is 9.66. The molecule has 0 unspecified atom stereocenters. The van der Waals surface area contributed by atoms with Gasteiger partial charge in [-0.05, 0) is 51.0 Å². The van der Waals surface area contributed by atoms with Crippen LogP contribution in [-0.4, -0.2) is 13.2 Å². The van der Waals surface area contributed by atoms with Gasteiger partial charge in [0.2, 0.25) is 0 Å². The van der Waals surface area contributed by atoms with Crippen LogP contribution in [0.5, 0.6) is 11.5 Å². The molecule has 0 radical (unpaired) electrons. The van der Waals surface area contributed by atoms with Crippen LogP contribution >= 0.6 is 11.3 Å². The molecule has 0 N–H and O–H groups in total. The van der Waals surface area contributed by atoms with E-state index < -0.39 is 11.6 Å². The summed E-state index contributed by atoms with van der Waals surface area (Å²) in [5, 5.41) is 1.41. The van der Waals surface area contributed by atoms with Crippen LogP contribution in [0.25, 0.3) is 20.2 Å². The highest BCUT2D eigenvalue weighted by atomic mass is 32.1. The zero-order valence-electron chi connectivity index (χ0n) is 14.8. The lowest BCUT2D eigenvalue weighted by Crippen LogP contribution is -2.22. The molecule has 1 aromatic heterocycles. The van der Waals surface area contributed by atoms with Crippen LogP contribution in [0.2, 0.25) is 0 Å². The predicted molar refractivity (Wildman–Crippen MR) is 102 cm³/mol. The van der Waals surface area contributed by atoms with Gasteiger partial charge in [-0.2, -0.15) is 0 Å². The quantitative estimate of drug-likeness (QED) is 0.477. The fourth-order valence-corrected chi connectivity index (χ4v) is 4.58. The summed E-state index contributed by atoms with van der Waals surface area (Å²) in [6, 6.07) is 6.85. The summed E-state index contributed by atoms with van der Waals surface area (Å²) in [5.41, 5.74) is 1.43. The largest absolute Gasteiger partial charge is 0.491 e. The Labute approximate surface area is 155 Å². The summed E-state index contributed by atoms with van der Waals surface area (Å²) in [5.74, 6) is 0.0499. The molecule has 0 aliphatic heterocycles. The maximum Gasteiger partial charge on any atom is 0.182 e. The first-order chi connectivity index (χ1) is 12.6. The summed E-state index contributed by atoms with van der Waals surface area (Å²) < 4.78 is 41.4. The number of halogens is 2. The van der Waals surface area contributed by atoms with E-state index in [4.69, 9.17) is 9.47 Å². The van der Waals surface area contributed by atoms with Gasteiger partial charge in [-0.1, -0.05) is 11.6 Å². The lowest BCUT2D eigenvalue weighted by Gasteiger charge is -2.29. The number of benzene rings is 2. The van der Waals surface area contributed by atoms with E-state index >= 15 is 0 Å². The predicted octanol–water partition coefficient (Wildman–Crippen LogP) is 6.47. The molecule has 1 aliphatic rings. The van der Waals surface area contributed by atoms with E-state index in [1.54, 1.807) is 25.1 Å². The van der Waals surface area contributed by atoms with Gasteiger partial charge in [0.05, 0.1) is 22.6 Å². The third-order valence-electron chi connectivity index (χ3n) is 4.90. The number of ether oxygens (including phenoxy) is 2. The number of hydrogen-bond donors (Lipinski definition) is 0. The van der Waals surface area contributed by atoms with Gasteiger partial charge in [0, 0.05) is 16.7 Å². The molecule has 0 spiro atoms. The van der Waals surface area contributed by atoms with Gasteiger partial charge >= 0.3 is 0 Å². The molecule has 1 heterocycles. The molecule has 1 fully saturated rings. The molecule has 1 saturated carbocycles. The highest BCUT2D eigenvalue weighted by Crippen LogP contribution is 2.42. The highest BCUT2D eigenvalue weighted by molar-refractivity contribution is 7.25. The molecule has 5 heteroatoms. The van der Waals surface area contributed by atoms with Crippen molar-refractivity contribution in [2.24, 2.45) is 5.92 Å². The summed E-state index contributed by atoms with van der Waals surface area (Å²) >= 11 is 1.11. The molecule has 0 amide bonds. The SMILES string of the molecule is CC=C1CC(COc2ccc3c(sc4c(F)c(OCC)ccc43)c2F)C1. The topological polar surface area (TPSA) is 18.5 Å². The van der Waals surface area contributed by atoms with Crippen molar-refractivity contribution in [1.29, 1.82) is 0 Å². The monoisotopic (exact) mass is 374 g/mol. The van der Waals surface area contributed by atoms with Gasteiger partial charge < -0.3 is 9.47 Å². The molecular weight excluding hydrogens is 354 g/mol. The molecule has 2 aromatic carbocycles. The average molecular weight is 374 g/mol. The Bertz CT molecular complexity index is 998. The molecule has 2 nitrogen and oxygen atoms in total. The second-order valence-electron chi connectivity index (χ2n) is 6.58. The van der Waals surface area contributed by atoms with Crippen molar-refractivity contribution < 1.29 is 18.3 Å². The van der Waals surface area contributed by atoms with Crippen molar-refractivity contribution in [1.82, 2.24) is 0 Å². The van der Waals surface area contributed by atoms with E-state index in [-0.39, 0.29) is 11.5 Å². The number of rotatable bonds is 5.